The fourth-order valence-electron chi connectivity index (χ4n) is 1.29. The van der Waals surface area contributed by atoms with E-state index in [1.165, 1.54) is 25.3 Å². The Morgan fingerprint density at radius 3 is 2.72 bits per heavy atom. The number of hydrogen-bond acceptors (Lipinski definition) is 6. The van der Waals surface area contributed by atoms with Crippen LogP contribution in [0, 0.1) is 0 Å². The summed E-state index contributed by atoms with van der Waals surface area (Å²) in [6, 6.07) is 4.19. The summed E-state index contributed by atoms with van der Waals surface area (Å²) < 4.78 is 9.73. The molecule has 0 aliphatic carbocycles. The summed E-state index contributed by atoms with van der Waals surface area (Å²) in [4.78, 5) is 11.2. The van der Waals surface area contributed by atoms with Gasteiger partial charge < -0.3 is 24.8 Å². The van der Waals surface area contributed by atoms with Gasteiger partial charge in [-0.1, -0.05) is 0 Å². The highest BCUT2D eigenvalue weighted by Crippen LogP contribution is 2.24. The molecule has 0 radical (unpaired) electrons. The van der Waals surface area contributed by atoms with Gasteiger partial charge in [-0.05, 0) is 12.1 Å². The predicted octanol–water partition coefficient (Wildman–Crippen LogP) is 0.301. The molecule has 0 fully saturated rings. The van der Waals surface area contributed by atoms with Gasteiger partial charge in [-0.25, -0.2) is 4.79 Å². The zero-order valence-corrected chi connectivity index (χ0v) is 10.00. The van der Waals surface area contributed by atoms with Gasteiger partial charge in [0.2, 0.25) is 0 Å². The standard InChI is InChI=1S/C12H16O6/c1-17-12(16)10-3-2-9(6-11(10)15)18-5-4-8(14)7-13/h2-3,6,8,13-15H,4-5,7H2,1H3. The third-order valence-corrected chi connectivity index (χ3v) is 2.31. The molecule has 0 aliphatic rings. The first kappa shape index (κ1) is 14.3. The Morgan fingerprint density at radius 1 is 1.44 bits per heavy atom. The van der Waals surface area contributed by atoms with E-state index in [1.807, 2.05) is 0 Å². The van der Waals surface area contributed by atoms with Gasteiger partial charge in [0.1, 0.15) is 17.1 Å². The molecule has 0 spiro atoms. The highest BCUT2D eigenvalue weighted by atomic mass is 16.5. The molecular weight excluding hydrogens is 240 g/mol. The summed E-state index contributed by atoms with van der Waals surface area (Å²) in [7, 11) is 1.22. The summed E-state index contributed by atoms with van der Waals surface area (Å²) in [5.74, 6) is -0.498. The van der Waals surface area contributed by atoms with Gasteiger partial charge in [0.15, 0.2) is 0 Å². The Morgan fingerprint density at radius 2 is 2.17 bits per heavy atom. The lowest BCUT2D eigenvalue weighted by Gasteiger charge is -2.10. The van der Waals surface area contributed by atoms with Crippen LogP contribution in [0.5, 0.6) is 11.5 Å². The van der Waals surface area contributed by atoms with Crippen LogP contribution in [0.25, 0.3) is 0 Å². The lowest BCUT2D eigenvalue weighted by Crippen LogP contribution is -2.15. The van der Waals surface area contributed by atoms with Gasteiger partial charge in [0.25, 0.3) is 0 Å². The molecule has 6 heteroatoms. The second kappa shape index (κ2) is 6.83. The molecule has 0 aromatic heterocycles. The number of phenolic OH excluding ortho intramolecular Hbond substituents is 1. The molecule has 1 aromatic rings. The molecule has 18 heavy (non-hydrogen) atoms. The van der Waals surface area contributed by atoms with Crippen molar-refractivity contribution in [1.82, 2.24) is 0 Å². The van der Waals surface area contributed by atoms with E-state index >= 15 is 0 Å². The third kappa shape index (κ3) is 3.90. The van der Waals surface area contributed by atoms with Crippen molar-refractivity contribution in [3.8, 4) is 11.5 Å². The molecule has 0 saturated heterocycles. The summed E-state index contributed by atoms with van der Waals surface area (Å²) in [5.41, 5.74) is 0.0558. The largest absolute Gasteiger partial charge is 0.507 e. The Hall–Kier alpha value is -1.79. The molecule has 1 atom stereocenters. The minimum Gasteiger partial charge on any atom is -0.507 e. The molecular formula is C12H16O6. The molecule has 1 unspecified atom stereocenters. The van der Waals surface area contributed by atoms with Crippen molar-refractivity contribution >= 4 is 5.97 Å². The van der Waals surface area contributed by atoms with Crippen LogP contribution in [-0.2, 0) is 4.74 Å². The normalized spacial score (nSPS) is 11.9. The number of hydrogen-bond donors (Lipinski definition) is 3. The maximum absolute atomic E-state index is 11.2. The smallest absolute Gasteiger partial charge is 0.341 e. The van der Waals surface area contributed by atoms with E-state index in [9.17, 15) is 9.90 Å². The fourth-order valence-corrected chi connectivity index (χ4v) is 1.29. The van der Waals surface area contributed by atoms with E-state index in [-0.39, 0.29) is 30.9 Å². The van der Waals surface area contributed by atoms with Gasteiger partial charge in [0.05, 0.1) is 26.4 Å². The molecule has 100 valence electrons. The second-order valence-corrected chi connectivity index (χ2v) is 3.64. The lowest BCUT2D eigenvalue weighted by atomic mass is 10.2. The summed E-state index contributed by atoms with van der Waals surface area (Å²) in [6.45, 7) is -0.130. The van der Waals surface area contributed by atoms with Gasteiger partial charge in [-0.2, -0.15) is 0 Å². The number of aromatic hydroxyl groups is 1. The molecule has 1 rings (SSSR count). The second-order valence-electron chi connectivity index (χ2n) is 3.64. The Bertz CT molecular complexity index is 404. The fraction of sp³-hybridized carbons (Fsp3) is 0.417. The Labute approximate surface area is 104 Å². The van der Waals surface area contributed by atoms with Crippen LogP contribution >= 0.6 is 0 Å². The molecule has 0 amide bonds. The van der Waals surface area contributed by atoms with E-state index < -0.39 is 12.1 Å². The molecule has 1 aromatic carbocycles. The average Bonchev–Trinajstić information content (AvgIpc) is 2.37. The highest BCUT2D eigenvalue weighted by Gasteiger charge is 2.12. The first-order valence-corrected chi connectivity index (χ1v) is 5.41. The number of ether oxygens (including phenoxy) is 2. The van der Waals surface area contributed by atoms with Crippen LogP contribution in [-0.4, -0.2) is 47.7 Å². The number of carbonyl (C=O) groups excluding carboxylic acids is 1. The van der Waals surface area contributed by atoms with Gasteiger partial charge in [-0.15, -0.1) is 0 Å². The van der Waals surface area contributed by atoms with Crippen LogP contribution in [0.15, 0.2) is 18.2 Å². The zero-order chi connectivity index (χ0) is 13.5. The average molecular weight is 256 g/mol. The van der Waals surface area contributed by atoms with E-state index in [1.54, 1.807) is 0 Å². The molecule has 0 saturated carbocycles. The van der Waals surface area contributed by atoms with Crippen molar-refractivity contribution in [2.75, 3.05) is 20.3 Å². The number of aliphatic hydroxyl groups is 2. The maximum Gasteiger partial charge on any atom is 0.341 e. The van der Waals surface area contributed by atoms with Crippen LogP contribution in [0.3, 0.4) is 0 Å². The van der Waals surface area contributed by atoms with Crippen molar-refractivity contribution in [1.29, 1.82) is 0 Å². The monoisotopic (exact) mass is 256 g/mol. The summed E-state index contributed by atoms with van der Waals surface area (Å²) in [5, 5.41) is 27.3. The van der Waals surface area contributed by atoms with Crippen LogP contribution in [0.4, 0.5) is 0 Å². The van der Waals surface area contributed by atoms with E-state index in [2.05, 4.69) is 4.74 Å². The number of phenols is 1. The van der Waals surface area contributed by atoms with E-state index in [4.69, 9.17) is 14.9 Å². The molecule has 6 nitrogen and oxygen atoms in total. The van der Waals surface area contributed by atoms with Gasteiger partial charge in [-0.3, -0.25) is 0 Å². The quantitative estimate of drug-likeness (QED) is 0.633. The van der Waals surface area contributed by atoms with E-state index in [0.717, 1.165) is 0 Å². The van der Waals surface area contributed by atoms with Crippen molar-refractivity contribution in [2.45, 2.75) is 12.5 Å². The Balaban J connectivity index is 2.59. The lowest BCUT2D eigenvalue weighted by molar-refractivity contribution is 0.0597. The van der Waals surface area contributed by atoms with Crippen LogP contribution < -0.4 is 4.74 Å². The zero-order valence-electron chi connectivity index (χ0n) is 10.00. The number of methoxy groups -OCH3 is 1. The molecule has 0 aliphatic heterocycles. The van der Waals surface area contributed by atoms with Crippen molar-refractivity contribution in [3.63, 3.8) is 0 Å². The highest BCUT2D eigenvalue weighted by molar-refractivity contribution is 5.92. The first-order chi connectivity index (χ1) is 8.58. The molecule has 0 heterocycles. The number of aliphatic hydroxyl groups excluding tert-OH is 2. The van der Waals surface area contributed by atoms with Crippen molar-refractivity contribution in [3.05, 3.63) is 23.8 Å². The van der Waals surface area contributed by atoms with Gasteiger partial charge in [0, 0.05) is 12.5 Å². The van der Waals surface area contributed by atoms with Gasteiger partial charge >= 0.3 is 5.97 Å². The van der Waals surface area contributed by atoms with Crippen molar-refractivity contribution < 1.29 is 29.6 Å². The maximum atomic E-state index is 11.2. The first-order valence-electron chi connectivity index (χ1n) is 5.41. The Kier molecular flexibility index (Phi) is 5.41. The van der Waals surface area contributed by atoms with Crippen molar-refractivity contribution in [2.24, 2.45) is 0 Å². The third-order valence-electron chi connectivity index (χ3n) is 2.31. The number of benzene rings is 1. The SMILES string of the molecule is COC(=O)c1ccc(OCCC(O)CO)cc1O. The number of esters is 1. The predicted molar refractivity (Wildman–Crippen MR) is 62.7 cm³/mol. The van der Waals surface area contributed by atoms with Crippen LogP contribution in [0.2, 0.25) is 0 Å². The number of carbonyl (C=O) groups is 1. The summed E-state index contributed by atoms with van der Waals surface area (Å²) in [6.07, 6.45) is -0.552. The van der Waals surface area contributed by atoms with Crippen LogP contribution in [0.1, 0.15) is 16.8 Å². The number of rotatable bonds is 6. The minimum absolute atomic E-state index is 0.0558. The molecule has 3 N–H and O–H groups in total. The minimum atomic E-state index is -0.826. The molecule has 0 bridgehead atoms. The van der Waals surface area contributed by atoms with E-state index in [0.29, 0.717) is 5.75 Å². The topological polar surface area (TPSA) is 96.2 Å². The summed E-state index contributed by atoms with van der Waals surface area (Å²) >= 11 is 0.